The molecule has 0 unspecified atom stereocenters. The number of sulfonamides is 1. The first-order chi connectivity index (χ1) is 9.90. The van der Waals surface area contributed by atoms with Crippen LogP contribution in [-0.2, 0) is 19.7 Å². The summed E-state index contributed by atoms with van der Waals surface area (Å²) in [7, 11) is -1.49. The van der Waals surface area contributed by atoms with Crippen LogP contribution in [0, 0.1) is 0 Å². The largest absolute Gasteiger partial charge is 0.290 e. The third-order valence-electron chi connectivity index (χ3n) is 4.46. The van der Waals surface area contributed by atoms with Crippen LogP contribution < -0.4 is 0 Å². The van der Waals surface area contributed by atoms with Crippen molar-refractivity contribution in [1.82, 2.24) is 14.3 Å². The first-order valence-corrected chi connectivity index (χ1v) is 9.15. The Morgan fingerprint density at radius 3 is 2.38 bits per heavy atom. The van der Waals surface area contributed by atoms with Crippen LogP contribution in [0.1, 0.15) is 26.7 Å². The normalized spacial score (nSPS) is 26.0. The maximum Gasteiger partial charge on any atom is 0.265 e. The first kappa shape index (κ1) is 16.7. The molecule has 0 aliphatic carbocycles. The molecule has 2 fully saturated rings. The molecule has 0 spiro atoms. The minimum absolute atomic E-state index is 0.0190. The lowest BCUT2D eigenvalue weighted by molar-refractivity contribution is -0.160. The number of piperidine rings is 1. The van der Waals surface area contributed by atoms with Gasteiger partial charge in [0, 0.05) is 32.7 Å². The zero-order valence-electron chi connectivity index (χ0n) is 13.0. The van der Waals surface area contributed by atoms with E-state index in [1.54, 1.807) is 14.0 Å². The Balaban J connectivity index is 1.91. The van der Waals surface area contributed by atoms with Crippen molar-refractivity contribution in [2.45, 2.75) is 38.8 Å². The minimum atomic E-state index is -3.14. The molecule has 21 heavy (non-hydrogen) atoms. The fourth-order valence-corrected chi connectivity index (χ4v) is 4.03. The number of hydroxylamine groups is 2. The molecule has 122 valence electrons. The number of carbonyl (C=O) groups excluding carboxylic acids is 1. The van der Waals surface area contributed by atoms with E-state index < -0.39 is 10.0 Å². The average molecular weight is 319 g/mol. The van der Waals surface area contributed by atoms with Gasteiger partial charge in [0.05, 0.1) is 12.4 Å². The molecule has 2 rings (SSSR count). The molecule has 0 saturated carbocycles. The van der Waals surface area contributed by atoms with Crippen molar-refractivity contribution in [3.05, 3.63) is 0 Å². The van der Waals surface area contributed by atoms with Gasteiger partial charge in [-0.25, -0.2) is 17.8 Å². The first-order valence-electron chi connectivity index (χ1n) is 7.54. The van der Waals surface area contributed by atoms with E-state index in [0.29, 0.717) is 13.2 Å². The van der Waals surface area contributed by atoms with Gasteiger partial charge in [0.2, 0.25) is 10.0 Å². The Bertz CT molecular complexity index is 474. The Hall–Kier alpha value is -0.700. The molecule has 2 aliphatic heterocycles. The Labute approximate surface area is 126 Å². The molecule has 1 atom stereocenters. The molecule has 0 aromatic carbocycles. The number of hydrogen-bond acceptors (Lipinski definition) is 5. The summed E-state index contributed by atoms with van der Waals surface area (Å²) in [6, 6.07) is -0.176. The third kappa shape index (κ3) is 3.39. The van der Waals surface area contributed by atoms with E-state index >= 15 is 0 Å². The van der Waals surface area contributed by atoms with Gasteiger partial charge >= 0.3 is 0 Å². The van der Waals surface area contributed by atoms with Crippen molar-refractivity contribution in [3.8, 4) is 0 Å². The highest BCUT2D eigenvalue weighted by Crippen LogP contribution is 2.22. The summed E-state index contributed by atoms with van der Waals surface area (Å²) < 4.78 is 25.3. The van der Waals surface area contributed by atoms with Crippen LogP contribution in [0.5, 0.6) is 0 Å². The number of nitrogens with zero attached hydrogens (tertiary/aromatic N) is 3. The van der Waals surface area contributed by atoms with Crippen molar-refractivity contribution >= 4 is 15.9 Å². The standard InChI is InChI=1S/C13H25N3O4S/c1-4-16-13(17)12(10-20-16)15-8-6-11(7-9-15)14(3)21(18,19)5-2/h11-12H,4-10H2,1-3H3/t12-/m0/s1. The third-order valence-corrected chi connectivity index (χ3v) is 6.37. The summed E-state index contributed by atoms with van der Waals surface area (Å²) in [6.45, 7) is 5.97. The van der Waals surface area contributed by atoms with Crippen LogP contribution in [0.15, 0.2) is 0 Å². The van der Waals surface area contributed by atoms with Gasteiger partial charge in [-0.05, 0) is 26.7 Å². The second-order valence-corrected chi connectivity index (χ2v) is 7.85. The van der Waals surface area contributed by atoms with E-state index in [2.05, 4.69) is 4.90 Å². The Morgan fingerprint density at radius 1 is 1.29 bits per heavy atom. The van der Waals surface area contributed by atoms with Gasteiger partial charge in [0.1, 0.15) is 6.04 Å². The maximum absolute atomic E-state index is 12.1. The Morgan fingerprint density at radius 2 is 1.90 bits per heavy atom. The minimum Gasteiger partial charge on any atom is -0.290 e. The topological polar surface area (TPSA) is 70.2 Å². The monoisotopic (exact) mass is 319 g/mol. The van der Waals surface area contributed by atoms with Crippen molar-refractivity contribution in [3.63, 3.8) is 0 Å². The highest BCUT2D eigenvalue weighted by Gasteiger charge is 2.39. The smallest absolute Gasteiger partial charge is 0.265 e. The summed E-state index contributed by atoms with van der Waals surface area (Å²) in [5.74, 6) is 0.148. The maximum atomic E-state index is 12.1. The lowest BCUT2D eigenvalue weighted by Gasteiger charge is -2.37. The molecule has 2 saturated heterocycles. The number of carbonyl (C=O) groups is 1. The molecular weight excluding hydrogens is 294 g/mol. The summed E-state index contributed by atoms with van der Waals surface area (Å²) >= 11 is 0. The molecule has 0 N–H and O–H groups in total. The van der Waals surface area contributed by atoms with Crippen LogP contribution in [0.25, 0.3) is 0 Å². The van der Waals surface area contributed by atoms with E-state index in [1.807, 2.05) is 6.92 Å². The fourth-order valence-electron chi connectivity index (χ4n) is 2.96. The molecule has 0 radical (unpaired) electrons. The molecule has 1 amide bonds. The lowest BCUT2D eigenvalue weighted by atomic mass is 10.0. The molecular formula is C13H25N3O4S. The fraction of sp³-hybridized carbons (Fsp3) is 0.923. The molecule has 7 nitrogen and oxygen atoms in total. The van der Waals surface area contributed by atoms with Crippen LogP contribution in [0.2, 0.25) is 0 Å². The van der Waals surface area contributed by atoms with Gasteiger partial charge in [-0.3, -0.25) is 14.5 Å². The van der Waals surface area contributed by atoms with Crippen LogP contribution >= 0.6 is 0 Å². The zero-order chi connectivity index (χ0) is 15.6. The second-order valence-electron chi connectivity index (χ2n) is 5.53. The number of likely N-dealkylation sites (N-methyl/N-ethyl adjacent to an activating group) is 1. The van der Waals surface area contributed by atoms with Crippen LogP contribution in [0.4, 0.5) is 0 Å². The van der Waals surface area contributed by atoms with E-state index in [-0.39, 0.29) is 23.7 Å². The van der Waals surface area contributed by atoms with E-state index in [1.165, 1.54) is 9.37 Å². The summed E-state index contributed by atoms with van der Waals surface area (Å²) in [6.07, 6.45) is 1.51. The van der Waals surface area contributed by atoms with Gasteiger partial charge in [-0.2, -0.15) is 0 Å². The van der Waals surface area contributed by atoms with Crippen molar-refractivity contribution in [1.29, 1.82) is 0 Å². The summed E-state index contributed by atoms with van der Waals surface area (Å²) in [5, 5.41) is 1.41. The van der Waals surface area contributed by atoms with Gasteiger partial charge in [-0.15, -0.1) is 0 Å². The van der Waals surface area contributed by atoms with Crippen molar-refractivity contribution < 1.29 is 18.0 Å². The van der Waals surface area contributed by atoms with E-state index in [0.717, 1.165) is 25.9 Å². The zero-order valence-corrected chi connectivity index (χ0v) is 13.8. The van der Waals surface area contributed by atoms with Gasteiger partial charge in [0.25, 0.3) is 5.91 Å². The Kier molecular flexibility index (Phi) is 5.24. The lowest BCUT2D eigenvalue weighted by Crippen LogP contribution is -2.51. The summed E-state index contributed by atoms with van der Waals surface area (Å²) in [5.41, 5.74) is 0. The van der Waals surface area contributed by atoms with Gasteiger partial charge in [0.15, 0.2) is 0 Å². The van der Waals surface area contributed by atoms with Gasteiger partial charge < -0.3 is 0 Å². The molecule has 0 aromatic heterocycles. The quantitative estimate of drug-likeness (QED) is 0.707. The summed E-state index contributed by atoms with van der Waals surface area (Å²) in [4.78, 5) is 19.6. The van der Waals surface area contributed by atoms with E-state index in [4.69, 9.17) is 4.84 Å². The molecule has 2 heterocycles. The predicted molar refractivity (Wildman–Crippen MR) is 78.9 cm³/mol. The SMILES string of the molecule is CCN1OC[C@H](N2CCC(N(C)S(=O)(=O)CC)CC2)C1=O. The highest BCUT2D eigenvalue weighted by atomic mass is 32.2. The average Bonchev–Trinajstić information content (AvgIpc) is 2.87. The predicted octanol–water partition coefficient (Wildman–Crippen LogP) is -0.105. The van der Waals surface area contributed by atoms with Crippen molar-refractivity contribution in [2.75, 3.05) is 39.0 Å². The number of likely N-dealkylation sites (tertiary alicyclic amines) is 1. The molecule has 0 bridgehead atoms. The second kappa shape index (κ2) is 6.60. The highest BCUT2D eigenvalue weighted by molar-refractivity contribution is 7.89. The number of hydrogen-bond donors (Lipinski definition) is 0. The number of amides is 1. The van der Waals surface area contributed by atoms with Crippen LogP contribution in [-0.4, -0.2) is 79.7 Å². The molecule has 2 aliphatic rings. The van der Waals surface area contributed by atoms with E-state index in [9.17, 15) is 13.2 Å². The van der Waals surface area contributed by atoms with Crippen LogP contribution in [0.3, 0.4) is 0 Å². The molecule has 8 heteroatoms. The molecule has 0 aromatic rings. The van der Waals surface area contributed by atoms with Crippen molar-refractivity contribution in [2.24, 2.45) is 0 Å². The number of rotatable bonds is 5. The van der Waals surface area contributed by atoms with Gasteiger partial charge in [-0.1, -0.05) is 0 Å².